The number of imidazole rings is 1. The summed E-state index contributed by atoms with van der Waals surface area (Å²) in [7, 11) is 0. The number of carbonyl (C=O) groups is 1. The highest BCUT2D eigenvalue weighted by Gasteiger charge is 2.24. The number of carbonyl (C=O) groups excluding carboxylic acids is 1. The number of ether oxygens (including phenoxy) is 1. The minimum Gasteiger partial charge on any atom is -0.465 e. The molecule has 0 aliphatic rings. The zero-order chi connectivity index (χ0) is 37.9. The van der Waals surface area contributed by atoms with Gasteiger partial charge in [0.1, 0.15) is 0 Å². The largest absolute Gasteiger partial charge is 0.465 e. The summed E-state index contributed by atoms with van der Waals surface area (Å²) in [5.74, 6) is 1.02. The van der Waals surface area contributed by atoms with E-state index in [9.17, 15) is 9.90 Å². The first-order valence-corrected chi connectivity index (χ1v) is 22.9. The van der Waals surface area contributed by atoms with Gasteiger partial charge in [0.05, 0.1) is 19.0 Å². The fraction of sp³-hybridized carbons (Fsp3) is 0.913. The normalized spacial score (nSPS) is 13.6. The second kappa shape index (κ2) is 35.3. The van der Waals surface area contributed by atoms with Crippen LogP contribution in [0.2, 0.25) is 0 Å². The SMILES string of the molecule is CCCCCCCCCCCCC(O)CN(CCCCCCCC(=O)OCC(CCCCCC)CCCCCCCC)C(Cn1ccnc1)C(C)C. The topological polar surface area (TPSA) is 67.6 Å². The minimum atomic E-state index is -0.272. The zero-order valence-electron chi connectivity index (χ0n) is 35.5. The quantitative estimate of drug-likeness (QED) is 0.0539. The van der Waals surface area contributed by atoms with E-state index in [1.807, 2.05) is 12.5 Å². The highest BCUT2D eigenvalue weighted by Crippen LogP contribution is 2.21. The van der Waals surface area contributed by atoms with Gasteiger partial charge in [-0.05, 0) is 50.5 Å². The maximum atomic E-state index is 12.6. The van der Waals surface area contributed by atoms with Gasteiger partial charge in [-0.15, -0.1) is 0 Å². The summed E-state index contributed by atoms with van der Waals surface area (Å²) in [4.78, 5) is 19.5. The lowest BCUT2D eigenvalue weighted by atomic mass is 9.95. The molecule has 0 saturated carbocycles. The zero-order valence-corrected chi connectivity index (χ0v) is 35.5. The van der Waals surface area contributed by atoms with E-state index in [4.69, 9.17) is 4.74 Å². The van der Waals surface area contributed by atoms with Gasteiger partial charge in [0, 0.05) is 37.9 Å². The molecule has 306 valence electrons. The van der Waals surface area contributed by atoms with Crippen LogP contribution in [-0.2, 0) is 16.1 Å². The van der Waals surface area contributed by atoms with Crippen molar-refractivity contribution in [3.05, 3.63) is 18.7 Å². The first kappa shape index (κ1) is 48.6. The fourth-order valence-corrected chi connectivity index (χ4v) is 7.76. The van der Waals surface area contributed by atoms with Gasteiger partial charge in [-0.25, -0.2) is 4.98 Å². The molecule has 6 heteroatoms. The molecule has 0 radical (unpaired) electrons. The van der Waals surface area contributed by atoms with Crippen LogP contribution in [0.15, 0.2) is 18.7 Å². The summed E-state index contributed by atoms with van der Waals surface area (Å²) < 4.78 is 8.03. The predicted molar refractivity (Wildman–Crippen MR) is 224 cm³/mol. The molecule has 1 aromatic heterocycles. The summed E-state index contributed by atoms with van der Waals surface area (Å²) in [6, 6.07) is 0.364. The van der Waals surface area contributed by atoms with E-state index in [0.717, 1.165) is 64.6 Å². The molecule has 1 aromatic rings. The van der Waals surface area contributed by atoms with E-state index >= 15 is 0 Å². The van der Waals surface area contributed by atoms with Gasteiger partial charge in [0.2, 0.25) is 0 Å². The molecule has 0 spiro atoms. The Bertz CT molecular complexity index is 876. The number of aromatic nitrogens is 2. The van der Waals surface area contributed by atoms with Crippen molar-refractivity contribution in [2.45, 2.75) is 240 Å². The lowest BCUT2D eigenvalue weighted by molar-refractivity contribution is -0.145. The molecule has 0 fully saturated rings. The molecule has 0 aliphatic heterocycles. The number of aliphatic hydroxyl groups is 1. The third kappa shape index (κ3) is 28.1. The van der Waals surface area contributed by atoms with Gasteiger partial charge >= 0.3 is 5.97 Å². The summed E-state index contributed by atoms with van der Waals surface area (Å²) >= 11 is 0. The van der Waals surface area contributed by atoms with Crippen LogP contribution in [0.25, 0.3) is 0 Å². The monoisotopic (exact) mass is 732 g/mol. The number of esters is 1. The Balaban J connectivity index is 2.41. The Morgan fingerprint density at radius 1 is 0.673 bits per heavy atom. The summed E-state index contributed by atoms with van der Waals surface area (Å²) in [5, 5.41) is 11.1. The summed E-state index contributed by atoms with van der Waals surface area (Å²) in [5.41, 5.74) is 0. The van der Waals surface area contributed by atoms with Crippen molar-refractivity contribution in [2.24, 2.45) is 11.8 Å². The van der Waals surface area contributed by atoms with Crippen LogP contribution < -0.4 is 0 Å². The van der Waals surface area contributed by atoms with Crippen LogP contribution in [0.4, 0.5) is 0 Å². The highest BCUT2D eigenvalue weighted by molar-refractivity contribution is 5.69. The number of hydrogen-bond donors (Lipinski definition) is 1. The van der Waals surface area contributed by atoms with Crippen LogP contribution in [0.3, 0.4) is 0 Å². The smallest absolute Gasteiger partial charge is 0.305 e. The molecule has 52 heavy (non-hydrogen) atoms. The van der Waals surface area contributed by atoms with Crippen molar-refractivity contribution in [1.82, 2.24) is 14.5 Å². The second-order valence-corrected chi connectivity index (χ2v) is 16.7. The maximum absolute atomic E-state index is 12.6. The van der Waals surface area contributed by atoms with Crippen LogP contribution >= 0.6 is 0 Å². The van der Waals surface area contributed by atoms with Crippen LogP contribution in [0.1, 0.15) is 221 Å². The van der Waals surface area contributed by atoms with E-state index in [2.05, 4.69) is 55.3 Å². The Labute approximate surface area is 324 Å². The second-order valence-electron chi connectivity index (χ2n) is 16.7. The van der Waals surface area contributed by atoms with Crippen LogP contribution in [0, 0.1) is 11.8 Å². The standard InChI is InChI=1S/C46H89N3O3/c1-6-9-12-15-17-18-19-20-23-28-33-44(50)38-49(45(42(4)5)39-48-37-35-47-41-48)36-30-25-21-24-29-34-46(51)52-40-43(31-26-14-11-8-3)32-27-22-16-13-10-7-2/h35,37,41-45,50H,6-34,36,38-40H2,1-5H3. The van der Waals surface area contributed by atoms with E-state index in [0.29, 0.717) is 30.9 Å². The average Bonchev–Trinajstić information content (AvgIpc) is 3.65. The van der Waals surface area contributed by atoms with Crippen LogP contribution in [0.5, 0.6) is 0 Å². The number of rotatable bonds is 39. The van der Waals surface area contributed by atoms with E-state index in [-0.39, 0.29) is 12.1 Å². The molecule has 0 aromatic carbocycles. The van der Waals surface area contributed by atoms with Gasteiger partial charge < -0.3 is 14.4 Å². The number of nitrogens with zero attached hydrogens (tertiary/aromatic N) is 3. The van der Waals surface area contributed by atoms with Crippen LogP contribution in [-0.4, -0.2) is 57.4 Å². The third-order valence-electron chi connectivity index (χ3n) is 11.3. The first-order chi connectivity index (χ1) is 25.4. The van der Waals surface area contributed by atoms with Gasteiger partial charge in [0.15, 0.2) is 0 Å². The molecule has 1 rings (SSSR count). The fourth-order valence-electron chi connectivity index (χ4n) is 7.76. The maximum Gasteiger partial charge on any atom is 0.305 e. The van der Waals surface area contributed by atoms with Crippen molar-refractivity contribution >= 4 is 5.97 Å². The molecule has 0 aliphatic carbocycles. The Morgan fingerprint density at radius 3 is 1.67 bits per heavy atom. The molecule has 0 saturated heterocycles. The molecule has 6 nitrogen and oxygen atoms in total. The predicted octanol–water partition coefficient (Wildman–Crippen LogP) is 13.1. The average molecular weight is 732 g/mol. The third-order valence-corrected chi connectivity index (χ3v) is 11.3. The molecule has 3 atom stereocenters. The molecular weight excluding hydrogens is 643 g/mol. The molecule has 1 N–H and O–H groups in total. The molecular formula is C46H89N3O3. The molecule has 0 amide bonds. The highest BCUT2D eigenvalue weighted by atomic mass is 16.5. The van der Waals surface area contributed by atoms with Crippen molar-refractivity contribution in [3.63, 3.8) is 0 Å². The van der Waals surface area contributed by atoms with E-state index in [1.54, 1.807) is 0 Å². The van der Waals surface area contributed by atoms with E-state index in [1.165, 1.54) is 135 Å². The Kier molecular flexibility index (Phi) is 33.0. The molecule has 0 bridgehead atoms. The van der Waals surface area contributed by atoms with Gasteiger partial charge in [-0.1, -0.05) is 182 Å². The van der Waals surface area contributed by atoms with Gasteiger partial charge in [0.25, 0.3) is 0 Å². The molecule has 1 heterocycles. The van der Waals surface area contributed by atoms with E-state index < -0.39 is 0 Å². The van der Waals surface area contributed by atoms with Crippen molar-refractivity contribution < 1.29 is 14.6 Å². The van der Waals surface area contributed by atoms with Crippen molar-refractivity contribution in [1.29, 1.82) is 0 Å². The summed E-state index contributed by atoms with van der Waals surface area (Å²) in [6.07, 6.45) is 41.2. The summed E-state index contributed by atoms with van der Waals surface area (Å²) in [6.45, 7) is 14.7. The number of aliphatic hydroxyl groups excluding tert-OH is 1. The van der Waals surface area contributed by atoms with Crippen molar-refractivity contribution in [2.75, 3.05) is 19.7 Å². The first-order valence-electron chi connectivity index (χ1n) is 22.9. The number of unbranched alkanes of at least 4 members (excludes halogenated alkanes) is 21. The molecule has 3 unspecified atom stereocenters. The van der Waals surface area contributed by atoms with Gasteiger partial charge in [-0.2, -0.15) is 0 Å². The van der Waals surface area contributed by atoms with Crippen molar-refractivity contribution in [3.8, 4) is 0 Å². The van der Waals surface area contributed by atoms with Gasteiger partial charge in [-0.3, -0.25) is 9.69 Å². The number of hydrogen-bond acceptors (Lipinski definition) is 5. The minimum absolute atomic E-state index is 0.00310. The lowest BCUT2D eigenvalue weighted by Crippen LogP contribution is -2.46. The Morgan fingerprint density at radius 2 is 1.15 bits per heavy atom. The Hall–Kier alpha value is -1.40. The lowest BCUT2D eigenvalue weighted by Gasteiger charge is -2.36.